The second-order valence-corrected chi connectivity index (χ2v) is 7.06. The van der Waals surface area contributed by atoms with Crippen molar-refractivity contribution in [2.75, 3.05) is 17.6 Å². The van der Waals surface area contributed by atoms with Crippen molar-refractivity contribution in [3.63, 3.8) is 0 Å². The molecule has 0 saturated heterocycles. The van der Waals surface area contributed by atoms with E-state index >= 15 is 0 Å². The topological polar surface area (TPSA) is 67.4 Å². The zero-order chi connectivity index (χ0) is 21.1. The monoisotopic (exact) mass is 426 g/mol. The number of nitrogens with one attached hydrogen (secondary N) is 2. The van der Waals surface area contributed by atoms with Crippen molar-refractivity contribution >= 4 is 29.4 Å². The van der Waals surface area contributed by atoms with Crippen LogP contribution in [0.1, 0.15) is 18.4 Å². The van der Waals surface area contributed by atoms with Gasteiger partial charge in [-0.25, -0.2) is 4.79 Å². The Balaban J connectivity index is 1.67. The molecule has 2 N–H and O–H groups in total. The number of benzene rings is 2. The van der Waals surface area contributed by atoms with Crippen molar-refractivity contribution < 1.29 is 27.5 Å². The summed E-state index contributed by atoms with van der Waals surface area (Å²) in [5, 5.41) is 5.16. The van der Waals surface area contributed by atoms with E-state index in [0.717, 1.165) is 5.56 Å². The third-order valence-electron chi connectivity index (χ3n) is 3.62. The van der Waals surface area contributed by atoms with E-state index in [0.29, 0.717) is 28.8 Å². The highest BCUT2D eigenvalue weighted by atomic mass is 32.2. The highest BCUT2D eigenvalue weighted by molar-refractivity contribution is 7.99. The molecule has 0 unspecified atom stereocenters. The molecule has 0 saturated carbocycles. The summed E-state index contributed by atoms with van der Waals surface area (Å²) in [5.41, 5.74) is 1.20. The number of alkyl halides is 3. The standard InChI is InChI=1S/C20H21F3N2O3S/c21-20(22,23)14-29-17-10-5-4-9-16(17)25-18(26)11-6-12-24-19(27)28-13-15-7-2-1-3-8-15/h1-5,7-10H,6,11-14H2,(H,24,27)(H,25,26). The molecule has 0 atom stereocenters. The number of rotatable bonds is 9. The number of halogens is 3. The molecule has 2 rings (SSSR count). The molecule has 0 aliphatic heterocycles. The number of amides is 2. The predicted octanol–water partition coefficient (Wildman–Crippen LogP) is 4.99. The fourth-order valence-electron chi connectivity index (χ4n) is 2.28. The summed E-state index contributed by atoms with van der Waals surface area (Å²) < 4.78 is 42.3. The Bertz CT molecular complexity index is 801. The zero-order valence-electron chi connectivity index (χ0n) is 15.5. The first-order valence-electron chi connectivity index (χ1n) is 8.86. The van der Waals surface area contributed by atoms with Gasteiger partial charge >= 0.3 is 12.3 Å². The zero-order valence-corrected chi connectivity index (χ0v) is 16.3. The van der Waals surface area contributed by atoms with Crippen LogP contribution in [0.2, 0.25) is 0 Å². The van der Waals surface area contributed by atoms with Gasteiger partial charge in [0, 0.05) is 17.9 Å². The van der Waals surface area contributed by atoms with Gasteiger partial charge in [-0.15, -0.1) is 11.8 Å². The van der Waals surface area contributed by atoms with E-state index in [2.05, 4.69) is 10.6 Å². The van der Waals surface area contributed by atoms with Gasteiger partial charge < -0.3 is 15.4 Å². The van der Waals surface area contributed by atoms with Crippen LogP contribution in [0.5, 0.6) is 0 Å². The van der Waals surface area contributed by atoms with Crippen LogP contribution in [0.25, 0.3) is 0 Å². The number of anilines is 1. The first-order chi connectivity index (χ1) is 13.8. The Morgan fingerprint density at radius 3 is 2.41 bits per heavy atom. The van der Waals surface area contributed by atoms with Gasteiger partial charge in [0.15, 0.2) is 0 Å². The third-order valence-corrected chi connectivity index (χ3v) is 4.75. The highest BCUT2D eigenvalue weighted by Crippen LogP contribution is 2.32. The minimum absolute atomic E-state index is 0.108. The maximum Gasteiger partial charge on any atom is 0.407 e. The van der Waals surface area contributed by atoms with Gasteiger partial charge in [-0.05, 0) is 24.1 Å². The summed E-state index contributed by atoms with van der Waals surface area (Å²) in [4.78, 5) is 24.0. The molecule has 29 heavy (non-hydrogen) atoms. The number of hydrogen-bond acceptors (Lipinski definition) is 4. The van der Waals surface area contributed by atoms with E-state index in [-0.39, 0.29) is 25.5 Å². The minimum Gasteiger partial charge on any atom is -0.445 e. The number of alkyl carbamates (subject to hydrolysis) is 1. The molecule has 2 aromatic rings. The largest absolute Gasteiger partial charge is 0.445 e. The predicted molar refractivity (Wildman–Crippen MR) is 106 cm³/mol. The Kier molecular flexibility index (Phi) is 8.85. The molecule has 2 aromatic carbocycles. The van der Waals surface area contributed by atoms with Crippen LogP contribution >= 0.6 is 11.8 Å². The maximum absolute atomic E-state index is 12.4. The van der Waals surface area contributed by atoms with Crippen LogP contribution in [0.15, 0.2) is 59.5 Å². The van der Waals surface area contributed by atoms with Crippen LogP contribution in [-0.4, -0.2) is 30.5 Å². The van der Waals surface area contributed by atoms with E-state index < -0.39 is 18.0 Å². The summed E-state index contributed by atoms with van der Waals surface area (Å²) in [6.45, 7) is 0.394. The molecule has 0 fully saturated rings. The summed E-state index contributed by atoms with van der Waals surface area (Å²) in [6.07, 6.45) is -4.40. The average molecular weight is 426 g/mol. The molecule has 0 aliphatic rings. The number of para-hydroxylation sites is 1. The van der Waals surface area contributed by atoms with Crippen molar-refractivity contribution in [2.45, 2.75) is 30.5 Å². The smallest absolute Gasteiger partial charge is 0.407 e. The fourth-order valence-corrected chi connectivity index (χ4v) is 3.05. The number of carbonyl (C=O) groups excluding carboxylic acids is 2. The lowest BCUT2D eigenvalue weighted by atomic mass is 10.2. The Labute approximate surface area is 171 Å². The van der Waals surface area contributed by atoms with Crippen LogP contribution < -0.4 is 10.6 Å². The molecule has 0 bridgehead atoms. The second kappa shape index (κ2) is 11.4. The van der Waals surface area contributed by atoms with Gasteiger partial charge in [0.25, 0.3) is 0 Å². The molecule has 0 aliphatic carbocycles. The average Bonchev–Trinajstić information content (AvgIpc) is 2.69. The van der Waals surface area contributed by atoms with Crippen molar-refractivity contribution in [1.82, 2.24) is 5.32 Å². The van der Waals surface area contributed by atoms with Crippen molar-refractivity contribution in [1.29, 1.82) is 0 Å². The summed E-state index contributed by atoms with van der Waals surface area (Å²) >= 11 is 0.619. The van der Waals surface area contributed by atoms with E-state index in [9.17, 15) is 22.8 Å². The van der Waals surface area contributed by atoms with Crippen molar-refractivity contribution in [3.05, 3.63) is 60.2 Å². The van der Waals surface area contributed by atoms with E-state index in [4.69, 9.17) is 4.74 Å². The van der Waals surface area contributed by atoms with Gasteiger partial charge in [-0.1, -0.05) is 42.5 Å². The van der Waals surface area contributed by atoms with Crippen LogP contribution in [0.3, 0.4) is 0 Å². The lowest BCUT2D eigenvalue weighted by molar-refractivity contribution is -0.116. The molecule has 5 nitrogen and oxygen atoms in total. The summed E-state index contributed by atoms with van der Waals surface area (Å²) in [6, 6.07) is 15.5. The molecule has 156 valence electrons. The van der Waals surface area contributed by atoms with Gasteiger partial charge in [0.05, 0.1) is 11.4 Å². The van der Waals surface area contributed by atoms with Crippen LogP contribution in [0.4, 0.5) is 23.7 Å². The third kappa shape index (κ3) is 9.38. The van der Waals surface area contributed by atoms with E-state index in [1.807, 2.05) is 30.3 Å². The molecule has 0 spiro atoms. The highest BCUT2D eigenvalue weighted by Gasteiger charge is 2.27. The van der Waals surface area contributed by atoms with Gasteiger partial charge in [0.1, 0.15) is 6.61 Å². The Morgan fingerprint density at radius 1 is 1.00 bits per heavy atom. The molecular formula is C20H21F3N2O3S. The Hall–Kier alpha value is -2.68. The quantitative estimate of drug-likeness (QED) is 0.438. The van der Waals surface area contributed by atoms with Gasteiger partial charge in [0.2, 0.25) is 5.91 Å². The lowest BCUT2D eigenvalue weighted by Gasteiger charge is -2.12. The van der Waals surface area contributed by atoms with Crippen LogP contribution in [0, 0.1) is 0 Å². The SMILES string of the molecule is O=C(CCCNC(=O)OCc1ccccc1)Nc1ccccc1SCC(F)(F)F. The normalized spacial score (nSPS) is 11.0. The fraction of sp³-hybridized carbons (Fsp3) is 0.300. The molecule has 2 amide bonds. The van der Waals surface area contributed by atoms with E-state index in [1.54, 1.807) is 18.2 Å². The molecular weight excluding hydrogens is 405 g/mol. The molecule has 0 aromatic heterocycles. The van der Waals surface area contributed by atoms with Gasteiger partial charge in [-0.3, -0.25) is 4.79 Å². The number of ether oxygens (including phenoxy) is 1. The molecule has 9 heteroatoms. The molecule has 0 radical (unpaired) electrons. The maximum atomic E-state index is 12.4. The minimum atomic E-state index is -4.29. The number of hydrogen-bond donors (Lipinski definition) is 2. The summed E-state index contributed by atoms with van der Waals surface area (Å²) in [5.74, 6) is -1.38. The number of carbonyl (C=O) groups is 2. The Morgan fingerprint density at radius 2 is 1.69 bits per heavy atom. The van der Waals surface area contributed by atoms with Gasteiger partial charge in [-0.2, -0.15) is 13.2 Å². The van der Waals surface area contributed by atoms with Crippen molar-refractivity contribution in [2.24, 2.45) is 0 Å². The first-order valence-corrected chi connectivity index (χ1v) is 9.85. The van der Waals surface area contributed by atoms with Crippen LogP contribution in [-0.2, 0) is 16.1 Å². The number of thioether (sulfide) groups is 1. The van der Waals surface area contributed by atoms with E-state index in [1.165, 1.54) is 6.07 Å². The lowest BCUT2D eigenvalue weighted by Crippen LogP contribution is -2.26. The first kappa shape index (κ1) is 22.6. The summed E-state index contributed by atoms with van der Waals surface area (Å²) in [7, 11) is 0. The second-order valence-electron chi connectivity index (χ2n) is 6.04. The van der Waals surface area contributed by atoms with Crippen molar-refractivity contribution in [3.8, 4) is 0 Å². The molecule has 0 heterocycles.